The number of rotatable bonds is 5. The van der Waals surface area contributed by atoms with E-state index < -0.39 is 10.0 Å². The van der Waals surface area contributed by atoms with Crippen molar-refractivity contribution in [1.82, 2.24) is 4.72 Å². The summed E-state index contributed by atoms with van der Waals surface area (Å²) in [6, 6.07) is 7.02. The largest absolute Gasteiger partial charge is 0.240 e. The Hall–Kier alpha value is -0.390. The number of halogens is 1. The Morgan fingerprint density at radius 2 is 1.85 bits per heavy atom. The molecule has 2 unspecified atom stereocenters. The van der Waals surface area contributed by atoms with Crippen molar-refractivity contribution in [3.63, 3.8) is 0 Å². The molecule has 1 aliphatic carbocycles. The van der Waals surface area contributed by atoms with Gasteiger partial charge in [-0.3, -0.25) is 0 Å². The topological polar surface area (TPSA) is 46.2 Å². The highest BCUT2D eigenvalue weighted by atomic mass is 79.9. The van der Waals surface area contributed by atoms with Gasteiger partial charge in [0.1, 0.15) is 0 Å². The number of hydrogen-bond acceptors (Lipinski definition) is 2. The van der Waals surface area contributed by atoms with E-state index in [9.17, 15) is 8.42 Å². The highest BCUT2D eigenvalue weighted by molar-refractivity contribution is 9.08. The lowest BCUT2D eigenvalue weighted by molar-refractivity contribution is 0.257. The highest BCUT2D eigenvalue weighted by Crippen LogP contribution is 2.29. The van der Waals surface area contributed by atoms with Gasteiger partial charge in [-0.05, 0) is 36.0 Å². The van der Waals surface area contributed by atoms with Crippen molar-refractivity contribution >= 4 is 26.0 Å². The fourth-order valence-corrected chi connectivity index (χ4v) is 4.22. The fraction of sp³-hybridized carbons (Fsp3) is 0.600. The van der Waals surface area contributed by atoms with Gasteiger partial charge < -0.3 is 0 Å². The van der Waals surface area contributed by atoms with E-state index in [4.69, 9.17) is 0 Å². The van der Waals surface area contributed by atoms with Crippen LogP contribution < -0.4 is 4.72 Å². The van der Waals surface area contributed by atoms with E-state index >= 15 is 0 Å². The van der Waals surface area contributed by atoms with Crippen LogP contribution in [0.3, 0.4) is 0 Å². The third kappa shape index (κ3) is 4.06. The van der Waals surface area contributed by atoms with Gasteiger partial charge in [0.05, 0.1) is 4.90 Å². The Labute approximate surface area is 130 Å². The second-order valence-corrected chi connectivity index (χ2v) is 7.98. The van der Waals surface area contributed by atoms with Crippen molar-refractivity contribution in [3.8, 4) is 0 Å². The zero-order valence-corrected chi connectivity index (χ0v) is 14.2. The first-order chi connectivity index (χ1) is 9.53. The van der Waals surface area contributed by atoms with E-state index in [1.807, 2.05) is 12.1 Å². The normalized spacial score (nSPS) is 23.7. The molecule has 0 amide bonds. The van der Waals surface area contributed by atoms with Crippen LogP contribution in [0.5, 0.6) is 0 Å². The van der Waals surface area contributed by atoms with E-state index in [-0.39, 0.29) is 0 Å². The zero-order valence-electron chi connectivity index (χ0n) is 11.8. The Kier molecular flexibility index (Phi) is 5.64. The summed E-state index contributed by atoms with van der Waals surface area (Å²) in [7, 11) is -3.37. The molecule has 1 N–H and O–H groups in total. The quantitative estimate of drug-likeness (QED) is 0.814. The lowest BCUT2D eigenvalue weighted by atomic mass is 9.81. The van der Waals surface area contributed by atoms with Crippen molar-refractivity contribution in [2.75, 3.05) is 6.54 Å². The number of alkyl halides is 1. The van der Waals surface area contributed by atoms with Crippen molar-refractivity contribution in [2.45, 2.75) is 42.8 Å². The molecule has 1 fully saturated rings. The van der Waals surface area contributed by atoms with Crippen LogP contribution in [0.4, 0.5) is 0 Å². The second-order valence-electron chi connectivity index (χ2n) is 5.65. The molecule has 2 atom stereocenters. The number of benzene rings is 1. The first kappa shape index (κ1) is 16.0. The average Bonchev–Trinajstić information content (AvgIpc) is 2.46. The zero-order chi connectivity index (χ0) is 14.6. The van der Waals surface area contributed by atoms with Gasteiger partial charge in [-0.25, -0.2) is 13.1 Å². The molecule has 1 saturated carbocycles. The molecule has 2 rings (SSSR count). The van der Waals surface area contributed by atoms with Gasteiger partial charge in [0.25, 0.3) is 0 Å². The van der Waals surface area contributed by atoms with Crippen LogP contribution in [0, 0.1) is 11.8 Å². The number of hydrogen-bond donors (Lipinski definition) is 1. The van der Waals surface area contributed by atoms with Gasteiger partial charge in [0.15, 0.2) is 0 Å². The number of nitrogens with one attached hydrogen (secondary N) is 1. The van der Waals surface area contributed by atoms with Crippen LogP contribution in [-0.2, 0) is 15.4 Å². The predicted molar refractivity (Wildman–Crippen MR) is 85.4 cm³/mol. The van der Waals surface area contributed by atoms with Gasteiger partial charge in [-0.15, -0.1) is 0 Å². The molecule has 1 aliphatic rings. The molecule has 0 saturated heterocycles. The maximum atomic E-state index is 12.3. The molecule has 0 heterocycles. The van der Waals surface area contributed by atoms with Crippen LogP contribution in [0.25, 0.3) is 0 Å². The molecule has 1 aromatic rings. The summed E-state index contributed by atoms with van der Waals surface area (Å²) in [5.41, 5.74) is 1.07. The lowest BCUT2D eigenvalue weighted by Crippen LogP contribution is -2.33. The molecule has 0 spiro atoms. The summed E-state index contributed by atoms with van der Waals surface area (Å²) in [6.45, 7) is 2.78. The first-order valence-electron chi connectivity index (χ1n) is 7.17. The third-order valence-corrected chi connectivity index (χ3v) is 6.30. The monoisotopic (exact) mass is 359 g/mol. The van der Waals surface area contributed by atoms with Crippen LogP contribution in [0.15, 0.2) is 29.2 Å². The predicted octanol–water partition coefficient (Wildman–Crippen LogP) is 3.69. The molecular formula is C15H22BrNO2S. The average molecular weight is 360 g/mol. The van der Waals surface area contributed by atoms with Gasteiger partial charge in [0.2, 0.25) is 10.0 Å². The first-order valence-corrected chi connectivity index (χ1v) is 9.78. The second kappa shape index (κ2) is 7.05. The summed E-state index contributed by atoms with van der Waals surface area (Å²) in [5, 5.41) is 0.736. The SMILES string of the molecule is CC1CCCCC1CNS(=O)(=O)c1ccc(CBr)cc1. The van der Waals surface area contributed by atoms with E-state index in [0.717, 1.165) is 17.3 Å². The van der Waals surface area contributed by atoms with Gasteiger partial charge in [-0.1, -0.05) is 54.2 Å². The minimum atomic E-state index is -3.37. The fourth-order valence-electron chi connectivity index (χ4n) is 2.75. The van der Waals surface area contributed by atoms with Crippen molar-refractivity contribution < 1.29 is 8.42 Å². The van der Waals surface area contributed by atoms with Crippen LogP contribution >= 0.6 is 15.9 Å². The van der Waals surface area contributed by atoms with Crippen molar-refractivity contribution in [3.05, 3.63) is 29.8 Å². The minimum Gasteiger partial charge on any atom is -0.211 e. The Bertz CT molecular complexity index is 527. The summed E-state index contributed by atoms with van der Waals surface area (Å²) < 4.78 is 27.3. The van der Waals surface area contributed by atoms with E-state index in [1.54, 1.807) is 12.1 Å². The van der Waals surface area contributed by atoms with Gasteiger partial charge in [-0.2, -0.15) is 0 Å². The molecule has 0 bridgehead atoms. The molecule has 1 aromatic carbocycles. The van der Waals surface area contributed by atoms with E-state index in [1.165, 1.54) is 19.3 Å². The summed E-state index contributed by atoms with van der Waals surface area (Å²) >= 11 is 3.36. The molecule has 112 valence electrons. The molecule has 5 heteroatoms. The third-order valence-electron chi connectivity index (χ3n) is 4.21. The van der Waals surface area contributed by atoms with Gasteiger partial charge in [0, 0.05) is 11.9 Å². The van der Waals surface area contributed by atoms with Crippen molar-refractivity contribution in [1.29, 1.82) is 0 Å². The molecule has 0 radical (unpaired) electrons. The summed E-state index contributed by atoms with van der Waals surface area (Å²) in [6.07, 6.45) is 4.84. The Morgan fingerprint density at radius 3 is 2.45 bits per heavy atom. The number of sulfonamides is 1. The maximum absolute atomic E-state index is 12.3. The van der Waals surface area contributed by atoms with Crippen LogP contribution in [0.1, 0.15) is 38.2 Å². The minimum absolute atomic E-state index is 0.352. The maximum Gasteiger partial charge on any atom is 0.240 e. The summed E-state index contributed by atoms with van der Waals surface area (Å²) in [4.78, 5) is 0.352. The van der Waals surface area contributed by atoms with Gasteiger partial charge >= 0.3 is 0 Å². The lowest BCUT2D eigenvalue weighted by Gasteiger charge is -2.28. The Morgan fingerprint density at radius 1 is 1.20 bits per heavy atom. The summed E-state index contributed by atoms with van der Waals surface area (Å²) in [5.74, 6) is 1.09. The molecule has 0 aliphatic heterocycles. The van der Waals surface area contributed by atoms with E-state index in [2.05, 4.69) is 27.6 Å². The molecule has 3 nitrogen and oxygen atoms in total. The Balaban J connectivity index is 1.99. The van der Waals surface area contributed by atoms with Crippen LogP contribution in [0.2, 0.25) is 0 Å². The van der Waals surface area contributed by atoms with Crippen LogP contribution in [-0.4, -0.2) is 15.0 Å². The highest BCUT2D eigenvalue weighted by Gasteiger charge is 2.23. The molecular weight excluding hydrogens is 338 g/mol. The van der Waals surface area contributed by atoms with Crippen molar-refractivity contribution in [2.24, 2.45) is 11.8 Å². The smallest absolute Gasteiger partial charge is 0.211 e. The molecule has 20 heavy (non-hydrogen) atoms. The standard InChI is InChI=1S/C15H22BrNO2S/c1-12-4-2-3-5-14(12)11-17-20(18,19)15-8-6-13(10-16)7-9-15/h6-9,12,14,17H,2-5,10-11H2,1H3. The van der Waals surface area contributed by atoms with E-state index in [0.29, 0.717) is 23.3 Å². The molecule has 0 aromatic heterocycles.